The van der Waals surface area contributed by atoms with Crippen molar-refractivity contribution in [2.75, 3.05) is 26.7 Å². The van der Waals surface area contributed by atoms with E-state index in [0.29, 0.717) is 0 Å². The van der Waals surface area contributed by atoms with Gasteiger partial charge in [0.1, 0.15) is 0 Å². The van der Waals surface area contributed by atoms with Gasteiger partial charge in [0.05, 0.1) is 5.41 Å². The Kier molecular flexibility index (Phi) is 6.78. The van der Waals surface area contributed by atoms with E-state index in [0.717, 1.165) is 50.9 Å². The molecule has 1 amide bonds. The first-order chi connectivity index (χ1) is 15.2. The minimum absolute atomic E-state index is 0.163. The number of carbonyl (C=O) groups excluding carboxylic acids is 1. The van der Waals surface area contributed by atoms with Crippen molar-refractivity contribution >= 4 is 5.91 Å². The maximum Gasteiger partial charge on any atom is 0.227 e. The fraction of sp³-hybridized carbons (Fsp3) is 0.333. The third-order valence-electron chi connectivity index (χ3n) is 6.43. The maximum atomic E-state index is 12.9. The SMILES string of the molecule is CNC(=O)C1(Cc2ccc(-c3ccncc3)cc2)CCN(CCCc2ccccc2)C1. The number of rotatable bonds is 8. The number of nitrogens with one attached hydrogen (secondary N) is 1. The molecule has 1 unspecified atom stereocenters. The lowest BCUT2D eigenvalue weighted by Gasteiger charge is -2.28. The first-order valence-electron chi connectivity index (χ1n) is 11.2. The van der Waals surface area contributed by atoms with Gasteiger partial charge in [-0.2, -0.15) is 0 Å². The van der Waals surface area contributed by atoms with Gasteiger partial charge < -0.3 is 10.2 Å². The maximum absolute atomic E-state index is 12.9. The number of amides is 1. The molecule has 1 aromatic heterocycles. The Morgan fingerprint density at radius 1 is 0.968 bits per heavy atom. The molecule has 1 saturated heterocycles. The molecular formula is C27H31N3O. The average molecular weight is 414 g/mol. The van der Waals surface area contributed by atoms with Gasteiger partial charge in [-0.25, -0.2) is 0 Å². The lowest BCUT2D eigenvalue weighted by molar-refractivity contribution is -0.129. The van der Waals surface area contributed by atoms with Gasteiger partial charge in [0.15, 0.2) is 0 Å². The van der Waals surface area contributed by atoms with Gasteiger partial charge >= 0.3 is 0 Å². The number of hydrogen-bond acceptors (Lipinski definition) is 3. The summed E-state index contributed by atoms with van der Waals surface area (Å²) in [4.78, 5) is 19.5. The first-order valence-corrected chi connectivity index (χ1v) is 11.2. The van der Waals surface area contributed by atoms with Crippen molar-refractivity contribution in [3.05, 3.63) is 90.3 Å². The second-order valence-electron chi connectivity index (χ2n) is 8.58. The van der Waals surface area contributed by atoms with Crippen LogP contribution in [0.2, 0.25) is 0 Å². The Morgan fingerprint density at radius 2 is 1.68 bits per heavy atom. The summed E-state index contributed by atoms with van der Waals surface area (Å²) in [7, 11) is 1.76. The molecule has 0 bridgehead atoms. The summed E-state index contributed by atoms with van der Waals surface area (Å²) < 4.78 is 0. The quantitative estimate of drug-likeness (QED) is 0.597. The van der Waals surface area contributed by atoms with Crippen molar-refractivity contribution in [1.82, 2.24) is 15.2 Å². The highest BCUT2D eigenvalue weighted by Crippen LogP contribution is 2.35. The molecule has 3 aromatic rings. The van der Waals surface area contributed by atoms with Crippen LogP contribution in [0.4, 0.5) is 0 Å². The molecule has 0 aliphatic carbocycles. The molecule has 1 fully saturated rings. The molecule has 4 heteroatoms. The molecule has 160 valence electrons. The highest BCUT2D eigenvalue weighted by atomic mass is 16.2. The molecule has 1 aliphatic heterocycles. The van der Waals surface area contributed by atoms with Crippen LogP contribution in [-0.4, -0.2) is 42.5 Å². The summed E-state index contributed by atoms with van der Waals surface area (Å²) in [6.45, 7) is 2.85. The van der Waals surface area contributed by atoms with Gasteiger partial charge in [-0.3, -0.25) is 9.78 Å². The predicted octanol–water partition coefficient (Wildman–Crippen LogP) is 4.36. The number of aryl methyl sites for hydroxylation is 1. The summed E-state index contributed by atoms with van der Waals surface area (Å²) >= 11 is 0. The molecule has 0 radical (unpaired) electrons. The molecular weight excluding hydrogens is 382 g/mol. The molecule has 0 saturated carbocycles. The zero-order valence-corrected chi connectivity index (χ0v) is 18.3. The second-order valence-corrected chi connectivity index (χ2v) is 8.58. The smallest absolute Gasteiger partial charge is 0.227 e. The first kappa shape index (κ1) is 21.3. The molecule has 2 aromatic carbocycles. The van der Waals surface area contributed by atoms with Crippen LogP contribution in [-0.2, 0) is 17.6 Å². The second kappa shape index (κ2) is 9.88. The molecule has 31 heavy (non-hydrogen) atoms. The fourth-order valence-electron chi connectivity index (χ4n) is 4.73. The van der Waals surface area contributed by atoms with E-state index < -0.39 is 0 Å². The minimum Gasteiger partial charge on any atom is -0.359 e. The van der Waals surface area contributed by atoms with Crippen LogP contribution in [0.5, 0.6) is 0 Å². The average Bonchev–Trinajstić information content (AvgIpc) is 3.24. The number of likely N-dealkylation sites (tertiary alicyclic amines) is 1. The van der Waals surface area contributed by atoms with Gasteiger partial charge in [-0.05, 0) is 73.2 Å². The standard InChI is InChI=1S/C27H31N3O/c1-28-26(31)27(15-19-30(21-27)18-5-8-22-6-3-2-4-7-22)20-23-9-11-24(12-10-23)25-13-16-29-17-14-25/h2-4,6-7,9-14,16-17H,5,8,15,18-21H2,1H3,(H,28,31). The van der Waals surface area contributed by atoms with Gasteiger partial charge in [0, 0.05) is 26.0 Å². The van der Waals surface area contributed by atoms with E-state index in [1.165, 1.54) is 16.7 Å². The lowest BCUT2D eigenvalue weighted by atomic mass is 9.79. The zero-order chi connectivity index (χ0) is 21.5. The van der Waals surface area contributed by atoms with Crippen LogP contribution in [0.3, 0.4) is 0 Å². The summed E-state index contributed by atoms with van der Waals surface area (Å²) in [5.74, 6) is 0.163. The van der Waals surface area contributed by atoms with E-state index in [2.05, 4.69) is 69.8 Å². The molecule has 0 spiro atoms. The summed E-state index contributed by atoms with van der Waals surface area (Å²) in [6.07, 6.45) is 7.52. The highest BCUT2D eigenvalue weighted by molar-refractivity contribution is 5.83. The molecule has 4 rings (SSSR count). The van der Waals surface area contributed by atoms with Crippen molar-refractivity contribution in [3.63, 3.8) is 0 Å². The van der Waals surface area contributed by atoms with Crippen molar-refractivity contribution < 1.29 is 4.79 Å². The van der Waals surface area contributed by atoms with Gasteiger partial charge in [0.2, 0.25) is 5.91 Å². The fourth-order valence-corrected chi connectivity index (χ4v) is 4.73. The van der Waals surface area contributed by atoms with Crippen molar-refractivity contribution in [2.45, 2.75) is 25.7 Å². The number of aromatic nitrogens is 1. The van der Waals surface area contributed by atoms with Crippen molar-refractivity contribution in [3.8, 4) is 11.1 Å². The number of nitrogens with zero attached hydrogens (tertiary/aromatic N) is 2. The monoisotopic (exact) mass is 413 g/mol. The van der Waals surface area contributed by atoms with E-state index in [-0.39, 0.29) is 11.3 Å². The van der Waals surface area contributed by atoms with Gasteiger partial charge in [-0.1, -0.05) is 54.6 Å². The van der Waals surface area contributed by atoms with Crippen molar-refractivity contribution in [1.29, 1.82) is 0 Å². The van der Waals surface area contributed by atoms with E-state index in [1.54, 1.807) is 7.05 Å². The van der Waals surface area contributed by atoms with Crippen LogP contribution in [0.25, 0.3) is 11.1 Å². The summed E-state index contributed by atoms with van der Waals surface area (Å²) in [5, 5.41) is 2.94. The third kappa shape index (κ3) is 5.20. The van der Waals surface area contributed by atoms with Crippen LogP contribution in [0, 0.1) is 5.41 Å². The van der Waals surface area contributed by atoms with E-state index >= 15 is 0 Å². The van der Waals surface area contributed by atoms with Gasteiger partial charge in [0.25, 0.3) is 0 Å². The third-order valence-corrected chi connectivity index (χ3v) is 6.43. The number of benzene rings is 2. The normalized spacial score (nSPS) is 18.7. The Morgan fingerprint density at radius 3 is 2.39 bits per heavy atom. The van der Waals surface area contributed by atoms with Crippen molar-refractivity contribution in [2.24, 2.45) is 5.41 Å². The highest BCUT2D eigenvalue weighted by Gasteiger charge is 2.43. The van der Waals surface area contributed by atoms with Gasteiger partial charge in [-0.15, -0.1) is 0 Å². The molecule has 1 N–H and O–H groups in total. The topological polar surface area (TPSA) is 45.2 Å². The van der Waals surface area contributed by atoms with E-state index in [9.17, 15) is 4.79 Å². The minimum atomic E-state index is -0.348. The van der Waals surface area contributed by atoms with Crippen LogP contribution < -0.4 is 5.32 Å². The Balaban J connectivity index is 1.39. The Bertz CT molecular complexity index is 972. The van der Waals surface area contributed by atoms with Crippen LogP contribution >= 0.6 is 0 Å². The lowest BCUT2D eigenvalue weighted by Crippen LogP contribution is -2.43. The van der Waals surface area contributed by atoms with Crippen LogP contribution in [0.1, 0.15) is 24.0 Å². The number of pyridine rings is 1. The summed E-state index contributed by atoms with van der Waals surface area (Å²) in [6, 6.07) is 23.3. The predicted molar refractivity (Wildman–Crippen MR) is 126 cm³/mol. The molecule has 2 heterocycles. The molecule has 1 atom stereocenters. The van der Waals surface area contributed by atoms with E-state index in [1.807, 2.05) is 24.5 Å². The number of hydrogen-bond donors (Lipinski definition) is 1. The Hall–Kier alpha value is -2.98. The number of carbonyl (C=O) groups is 1. The van der Waals surface area contributed by atoms with Crippen LogP contribution in [0.15, 0.2) is 79.1 Å². The zero-order valence-electron chi connectivity index (χ0n) is 18.3. The molecule has 4 nitrogen and oxygen atoms in total. The molecule has 1 aliphatic rings. The Labute approximate surface area is 185 Å². The van der Waals surface area contributed by atoms with E-state index in [4.69, 9.17) is 0 Å². The largest absolute Gasteiger partial charge is 0.359 e. The summed E-state index contributed by atoms with van der Waals surface area (Å²) in [5.41, 5.74) is 4.59.